The first-order valence-electron chi connectivity index (χ1n) is 16.7. The monoisotopic (exact) mass is 760 g/mol. The Hall–Kier alpha value is -3.36. The Kier molecular flexibility index (Phi) is 16.5. The minimum absolute atomic E-state index is 0.00405. The molecule has 2 aromatic rings. The number of nitrogens with one attached hydrogen (secondary N) is 2. The molecule has 0 bridgehead atoms. The highest BCUT2D eigenvalue weighted by Crippen LogP contribution is 2.37. The van der Waals surface area contributed by atoms with Crippen LogP contribution in [0.5, 0.6) is 11.5 Å². The van der Waals surface area contributed by atoms with Gasteiger partial charge in [0.1, 0.15) is 11.5 Å². The van der Waals surface area contributed by atoms with E-state index in [1.807, 2.05) is 0 Å². The molecule has 0 spiro atoms. The van der Waals surface area contributed by atoms with Crippen LogP contribution in [0, 0.1) is 0 Å². The molecule has 0 saturated carbocycles. The SMILES string of the molecule is O=C(NO)C1(S(=O)(=O)c2ccc(OCCCCCO)cc2)CCOCC1.O=C(NO)C1(S(=O)(=O)c2ccc(OCCCCO)cc2)CCOCC1. The van der Waals surface area contributed by atoms with Crippen molar-refractivity contribution in [2.24, 2.45) is 0 Å². The van der Waals surface area contributed by atoms with Gasteiger partial charge in [-0.05, 0) is 106 Å². The fourth-order valence-electron chi connectivity index (χ4n) is 5.71. The smallest absolute Gasteiger partial charge is 0.265 e. The Bertz CT molecular complexity index is 1590. The number of benzene rings is 2. The molecule has 2 saturated heterocycles. The van der Waals surface area contributed by atoms with E-state index in [-0.39, 0.29) is 75.1 Å². The van der Waals surface area contributed by atoms with Crippen molar-refractivity contribution in [2.45, 2.75) is 77.1 Å². The first kappa shape index (κ1) is 42.1. The van der Waals surface area contributed by atoms with E-state index in [9.17, 15) is 26.4 Å². The van der Waals surface area contributed by atoms with Crippen LogP contribution in [0.3, 0.4) is 0 Å². The van der Waals surface area contributed by atoms with Crippen molar-refractivity contribution in [3.8, 4) is 11.5 Å². The van der Waals surface area contributed by atoms with Gasteiger partial charge in [-0.1, -0.05) is 0 Å². The molecule has 0 aromatic heterocycles. The third-order valence-electron chi connectivity index (χ3n) is 8.82. The van der Waals surface area contributed by atoms with Gasteiger partial charge in [-0.2, -0.15) is 0 Å². The van der Waals surface area contributed by atoms with Crippen LogP contribution in [-0.4, -0.2) is 112 Å². The Morgan fingerprint density at radius 2 is 0.922 bits per heavy atom. The van der Waals surface area contributed by atoms with Gasteiger partial charge in [0, 0.05) is 39.6 Å². The zero-order chi connectivity index (χ0) is 37.4. The van der Waals surface area contributed by atoms with E-state index in [4.69, 9.17) is 39.6 Å². The lowest BCUT2D eigenvalue weighted by Crippen LogP contribution is -2.54. The second kappa shape index (κ2) is 20.0. The summed E-state index contributed by atoms with van der Waals surface area (Å²) in [7, 11) is -8.04. The molecule has 6 N–H and O–H groups in total. The molecule has 2 heterocycles. The Morgan fingerprint density at radius 1 is 0.588 bits per heavy atom. The fourth-order valence-corrected chi connectivity index (χ4v) is 9.59. The van der Waals surface area contributed by atoms with Crippen LogP contribution in [0.25, 0.3) is 0 Å². The van der Waals surface area contributed by atoms with Gasteiger partial charge in [-0.3, -0.25) is 20.0 Å². The molecule has 4 rings (SSSR count). The fraction of sp³-hybridized carbons (Fsp3) is 0.576. The summed E-state index contributed by atoms with van der Waals surface area (Å²) in [5.74, 6) is -0.852. The molecule has 2 aromatic carbocycles. The molecule has 2 aliphatic rings. The number of hydrogen-bond donors (Lipinski definition) is 6. The van der Waals surface area contributed by atoms with Gasteiger partial charge in [-0.15, -0.1) is 0 Å². The summed E-state index contributed by atoms with van der Waals surface area (Å²) in [6.45, 7) is 1.64. The average molecular weight is 761 g/mol. The average Bonchev–Trinajstić information content (AvgIpc) is 3.16. The number of sulfone groups is 2. The summed E-state index contributed by atoms with van der Waals surface area (Å²) in [4.78, 5) is 24.3. The van der Waals surface area contributed by atoms with Crippen molar-refractivity contribution in [3.63, 3.8) is 0 Å². The Labute approximate surface area is 297 Å². The van der Waals surface area contributed by atoms with Gasteiger partial charge >= 0.3 is 0 Å². The summed E-state index contributed by atoms with van der Waals surface area (Å²) in [5, 5.41) is 35.5. The molecule has 0 unspecified atom stereocenters. The van der Waals surface area contributed by atoms with E-state index in [2.05, 4.69) is 0 Å². The van der Waals surface area contributed by atoms with Crippen molar-refractivity contribution in [1.29, 1.82) is 0 Å². The lowest BCUT2D eigenvalue weighted by atomic mass is 9.98. The van der Waals surface area contributed by atoms with Gasteiger partial charge in [-0.25, -0.2) is 27.8 Å². The minimum Gasteiger partial charge on any atom is -0.494 e. The molecule has 2 aliphatic heterocycles. The van der Waals surface area contributed by atoms with Crippen LogP contribution in [0.4, 0.5) is 0 Å². The summed E-state index contributed by atoms with van der Waals surface area (Å²) >= 11 is 0. The van der Waals surface area contributed by atoms with Gasteiger partial charge in [0.25, 0.3) is 11.8 Å². The number of amides is 2. The molecule has 0 aliphatic carbocycles. The van der Waals surface area contributed by atoms with Gasteiger partial charge in [0.15, 0.2) is 29.2 Å². The van der Waals surface area contributed by atoms with Gasteiger partial charge < -0.3 is 29.2 Å². The summed E-state index contributed by atoms with van der Waals surface area (Å²) < 4.78 is 70.0. The second-order valence-corrected chi connectivity index (χ2v) is 16.5. The van der Waals surface area contributed by atoms with Crippen LogP contribution in [0.15, 0.2) is 58.3 Å². The normalized spacial score (nSPS) is 16.9. The van der Waals surface area contributed by atoms with E-state index in [1.165, 1.54) is 47.4 Å². The van der Waals surface area contributed by atoms with Crippen molar-refractivity contribution in [1.82, 2.24) is 11.0 Å². The van der Waals surface area contributed by atoms with Crippen molar-refractivity contribution >= 4 is 31.5 Å². The third kappa shape index (κ3) is 10.2. The van der Waals surface area contributed by atoms with E-state index in [0.717, 1.165) is 19.3 Å². The number of hydrogen-bond acceptors (Lipinski definition) is 14. The number of carbonyl (C=O) groups is 2. The predicted molar refractivity (Wildman–Crippen MR) is 181 cm³/mol. The number of ether oxygens (including phenoxy) is 4. The van der Waals surface area contributed by atoms with E-state index in [0.29, 0.717) is 37.6 Å². The number of aliphatic hydroxyl groups excluding tert-OH is 2. The Balaban J connectivity index is 0.000000276. The van der Waals surface area contributed by atoms with Crippen LogP contribution >= 0.6 is 0 Å². The molecule has 2 fully saturated rings. The van der Waals surface area contributed by atoms with Crippen molar-refractivity contribution in [3.05, 3.63) is 48.5 Å². The number of unbranched alkanes of at least 4 members (excludes halogenated alkanes) is 3. The molecule has 0 atom stereocenters. The van der Waals surface area contributed by atoms with Gasteiger partial charge in [0.05, 0.1) is 23.0 Å². The van der Waals surface area contributed by atoms with E-state index in [1.54, 1.807) is 12.1 Å². The first-order chi connectivity index (χ1) is 24.5. The van der Waals surface area contributed by atoms with E-state index >= 15 is 0 Å². The molecular weight excluding hydrogens is 712 g/mol. The third-order valence-corrected chi connectivity index (χ3v) is 13.9. The number of hydroxylamine groups is 2. The van der Waals surface area contributed by atoms with Crippen LogP contribution in [-0.2, 0) is 38.7 Å². The quantitative estimate of drug-likeness (QED) is 0.0764. The summed E-state index contributed by atoms with van der Waals surface area (Å²) in [6.07, 6.45) is 3.59. The lowest BCUT2D eigenvalue weighted by molar-refractivity contribution is -0.135. The maximum atomic E-state index is 13.1. The van der Waals surface area contributed by atoms with Crippen LogP contribution in [0.2, 0.25) is 0 Å². The maximum Gasteiger partial charge on any atom is 0.265 e. The first-order valence-corrected chi connectivity index (χ1v) is 19.6. The predicted octanol–water partition coefficient (Wildman–Crippen LogP) is 1.72. The Morgan fingerprint density at radius 3 is 1.25 bits per heavy atom. The zero-order valence-corrected chi connectivity index (χ0v) is 30.0. The van der Waals surface area contributed by atoms with Crippen LogP contribution in [0.1, 0.15) is 57.8 Å². The molecule has 18 heteroatoms. The van der Waals surface area contributed by atoms with Crippen molar-refractivity contribution in [2.75, 3.05) is 52.9 Å². The highest BCUT2D eigenvalue weighted by atomic mass is 32.2. The zero-order valence-electron chi connectivity index (χ0n) is 28.3. The standard InChI is InChI=1S/C17H25NO7S.C16H23NO7S/c19-10-2-1-3-11-25-14-4-6-15(7-5-14)26(22,23)17(16(20)18-21)8-12-24-13-9-17;18-9-1-2-10-24-13-3-5-14(6-4-13)25(21,22)16(15(19)17-20)7-11-23-12-8-16/h4-7,19,21H,1-3,8-13H2,(H,18,20);3-6,18,20H,1-2,7-12H2,(H,17,19). The van der Waals surface area contributed by atoms with E-state index < -0.39 is 41.0 Å². The molecule has 286 valence electrons. The minimum atomic E-state index is -4.02. The summed E-state index contributed by atoms with van der Waals surface area (Å²) in [6, 6.07) is 11.7. The highest BCUT2D eigenvalue weighted by Gasteiger charge is 2.53. The van der Waals surface area contributed by atoms with Crippen molar-refractivity contribution < 1.29 is 66.0 Å². The molecule has 0 radical (unpaired) electrons. The van der Waals surface area contributed by atoms with Crippen LogP contribution < -0.4 is 20.4 Å². The second-order valence-electron chi connectivity index (χ2n) is 12.0. The molecular formula is C33H48N2O14S2. The topological polar surface area (TPSA) is 244 Å². The number of rotatable bonds is 17. The molecule has 16 nitrogen and oxygen atoms in total. The number of carbonyl (C=O) groups excluding carboxylic acids is 2. The summed E-state index contributed by atoms with van der Waals surface area (Å²) in [5.41, 5.74) is 2.98. The largest absolute Gasteiger partial charge is 0.494 e. The highest BCUT2D eigenvalue weighted by molar-refractivity contribution is 7.94. The molecule has 2 amide bonds. The number of aliphatic hydroxyl groups is 2. The van der Waals surface area contributed by atoms with Gasteiger partial charge in [0.2, 0.25) is 0 Å². The molecule has 51 heavy (non-hydrogen) atoms. The lowest BCUT2D eigenvalue weighted by Gasteiger charge is -2.34. The maximum absolute atomic E-state index is 13.1.